The van der Waals surface area contributed by atoms with Gasteiger partial charge in [0.05, 0.1) is 17.0 Å². The van der Waals surface area contributed by atoms with E-state index in [0.717, 1.165) is 60.4 Å². The number of benzene rings is 3. The molecule has 0 aromatic heterocycles. The molecule has 4 rings (SSSR count). The molecule has 1 saturated carbocycles. The van der Waals surface area contributed by atoms with Gasteiger partial charge in [-0.1, -0.05) is 67.8 Å². The minimum absolute atomic E-state index is 0.0210. The molecule has 35 heavy (non-hydrogen) atoms. The lowest BCUT2D eigenvalue weighted by Gasteiger charge is -2.36. The third kappa shape index (κ3) is 6.04. The minimum atomic E-state index is -1.01. The van der Waals surface area contributed by atoms with Gasteiger partial charge in [-0.3, -0.25) is 4.79 Å². The lowest BCUT2D eigenvalue weighted by Crippen LogP contribution is -2.40. The van der Waals surface area contributed by atoms with Gasteiger partial charge in [-0.2, -0.15) is 5.26 Å². The average molecular weight is 465 g/mol. The lowest BCUT2D eigenvalue weighted by atomic mass is 9.69. The number of carbonyl (C=O) groups excluding carboxylic acids is 1. The first-order chi connectivity index (χ1) is 17.0. The van der Waals surface area contributed by atoms with E-state index in [1.54, 1.807) is 12.1 Å². The Balaban J connectivity index is 1.51. The molecule has 3 aromatic rings. The van der Waals surface area contributed by atoms with Gasteiger partial charge < -0.3 is 10.4 Å². The van der Waals surface area contributed by atoms with E-state index in [1.165, 1.54) is 6.08 Å². The number of aliphatic carboxylic acids is 1. The number of carboxylic acids is 1. The number of carboxylic acid groups (broad SMARTS) is 1. The van der Waals surface area contributed by atoms with Crippen molar-refractivity contribution < 1.29 is 14.7 Å². The second kappa shape index (κ2) is 10.8. The zero-order chi connectivity index (χ0) is 24.7. The first kappa shape index (κ1) is 24.0. The van der Waals surface area contributed by atoms with Crippen molar-refractivity contribution in [3.8, 4) is 17.2 Å². The number of anilines is 1. The van der Waals surface area contributed by atoms with Gasteiger partial charge in [0.2, 0.25) is 5.91 Å². The topological polar surface area (TPSA) is 90.2 Å². The molecule has 176 valence electrons. The van der Waals surface area contributed by atoms with Crippen LogP contribution in [0.1, 0.15) is 48.8 Å². The third-order valence-corrected chi connectivity index (χ3v) is 6.70. The summed E-state index contributed by atoms with van der Waals surface area (Å²) in [4.78, 5) is 24.4. The molecule has 0 heterocycles. The highest BCUT2D eigenvalue weighted by Crippen LogP contribution is 2.40. The summed E-state index contributed by atoms with van der Waals surface area (Å²) in [6.07, 6.45) is 8.15. The normalized spacial score (nSPS) is 14.8. The molecule has 0 spiro atoms. The van der Waals surface area contributed by atoms with Crippen molar-refractivity contribution in [2.24, 2.45) is 5.41 Å². The van der Waals surface area contributed by atoms with Gasteiger partial charge in [0.15, 0.2) is 0 Å². The Morgan fingerprint density at radius 1 is 0.943 bits per heavy atom. The third-order valence-electron chi connectivity index (χ3n) is 6.70. The van der Waals surface area contributed by atoms with Gasteiger partial charge >= 0.3 is 5.97 Å². The van der Waals surface area contributed by atoms with Crippen molar-refractivity contribution in [2.75, 3.05) is 5.32 Å². The number of nitrogens with zero attached hydrogens (tertiary/aromatic N) is 1. The highest BCUT2D eigenvalue weighted by Gasteiger charge is 2.39. The zero-order valence-electron chi connectivity index (χ0n) is 19.5. The summed E-state index contributed by atoms with van der Waals surface area (Å²) >= 11 is 0. The maximum atomic E-state index is 13.6. The van der Waals surface area contributed by atoms with E-state index < -0.39 is 11.4 Å². The van der Waals surface area contributed by atoms with Crippen LogP contribution in [0.3, 0.4) is 0 Å². The zero-order valence-corrected chi connectivity index (χ0v) is 19.5. The fourth-order valence-corrected chi connectivity index (χ4v) is 4.81. The molecule has 2 N–H and O–H groups in total. The standard InChI is InChI=1S/C30H28N2O3/c31-21-24-9-14-26(15-10-24)25-12-7-23(8-13-25)20-30(17-2-1-3-18-30)29(35)32-27-6-4-5-22(19-27)11-16-28(33)34/h4-16,19H,1-3,17-18,20H2,(H,32,35)(H,33,34)/b16-11+. The molecule has 0 radical (unpaired) electrons. The van der Waals surface area contributed by atoms with Crippen LogP contribution in [0.5, 0.6) is 0 Å². The summed E-state index contributed by atoms with van der Waals surface area (Å²) in [5.41, 5.74) is 4.81. The molecule has 3 aromatic carbocycles. The average Bonchev–Trinajstić information content (AvgIpc) is 2.89. The second-order valence-electron chi connectivity index (χ2n) is 9.16. The molecule has 0 bridgehead atoms. The van der Waals surface area contributed by atoms with Crippen LogP contribution in [0, 0.1) is 16.7 Å². The van der Waals surface area contributed by atoms with Crippen molar-refractivity contribution >= 4 is 23.6 Å². The Bertz CT molecular complexity index is 1260. The van der Waals surface area contributed by atoms with Gasteiger partial charge in [-0.05, 0) is 71.9 Å². The summed E-state index contributed by atoms with van der Waals surface area (Å²) < 4.78 is 0. The molecule has 0 saturated heterocycles. The SMILES string of the molecule is N#Cc1ccc(-c2ccc(CC3(C(=O)Nc4cccc(/C=C/C(=O)O)c4)CCCCC3)cc2)cc1. The molecule has 1 aliphatic rings. The molecular formula is C30H28N2O3. The minimum Gasteiger partial charge on any atom is -0.478 e. The maximum absolute atomic E-state index is 13.6. The summed E-state index contributed by atoms with van der Waals surface area (Å²) in [6, 6.07) is 25.2. The number of amides is 1. The van der Waals surface area contributed by atoms with Crippen molar-refractivity contribution in [2.45, 2.75) is 38.5 Å². The van der Waals surface area contributed by atoms with Crippen LogP contribution in [0.2, 0.25) is 0 Å². The Morgan fingerprint density at radius 2 is 1.60 bits per heavy atom. The molecule has 5 nitrogen and oxygen atoms in total. The maximum Gasteiger partial charge on any atom is 0.328 e. The smallest absolute Gasteiger partial charge is 0.328 e. The summed E-state index contributed by atoms with van der Waals surface area (Å²) in [7, 11) is 0. The quantitative estimate of drug-likeness (QED) is 0.393. The van der Waals surface area contributed by atoms with Crippen LogP contribution in [0.15, 0.2) is 78.9 Å². The molecule has 5 heteroatoms. The van der Waals surface area contributed by atoms with Crippen molar-refractivity contribution in [3.05, 3.63) is 95.6 Å². The fraction of sp³-hybridized carbons (Fsp3) is 0.233. The van der Waals surface area contributed by atoms with Crippen LogP contribution >= 0.6 is 0 Å². The number of carbonyl (C=O) groups is 2. The number of nitriles is 1. The highest BCUT2D eigenvalue weighted by molar-refractivity contribution is 5.96. The number of nitrogens with one attached hydrogen (secondary N) is 1. The number of hydrogen-bond acceptors (Lipinski definition) is 3. The summed E-state index contributed by atoms with van der Waals surface area (Å²) in [5, 5.41) is 21.0. The highest BCUT2D eigenvalue weighted by atomic mass is 16.4. The molecule has 1 fully saturated rings. The van der Waals surface area contributed by atoms with E-state index in [1.807, 2.05) is 36.4 Å². The van der Waals surface area contributed by atoms with Crippen LogP contribution < -0.4 is 5.32 Å². The Morgan fingerprint density at radius 3 is 2.23 bits per heavy atom. The van der Waals surface area contributed by atoms with Gasteiger partial charge in [-0.25, -0.2) is 4.79 Å². The van der Waals surface area contributed by atoms with Crippen LogP contribution in [-0.2, 0) is 16.0 Å². The van der Waals surface area contributed by atoms with E-state index in [9.17, 15) is 9.59 Å². The van der Waals surface area contributed by atoms with Crippen molar-refractivity contribution in [3.63, 3.8) is 0 Å². The Hall–Kier alpha value is -4.17. The van der Waals surface area contributed by atoms with E-state index in [4.69, 9.17) is 10.4 Å². The van der Waals surface area contributed by atoms with Gasteiger partial charge in [0.25, 0.3) is 0 Å². The Kier molecular flexibility index (Phi) is 7.42. The molecule has 1 amide bonds. The first-order valence-corrected chi connectivity index (χ1v) is 11.9. The molecule has 1 aliphatic carbocycles. The van der Waals surface area contributed by atoms with Gasteiger partial charge in [-0.15, -0.1) is 0 Å². The lowest BCUT2D eigenvalue weighted by molar-refractivity contribution is -0.131. The number of rotatable bonds is 7. The first-order valence-electron chi connectivity index (χ1n) is 11.9. The van der Waals surface area contributed by atoms with Crippen LogP contribution in [0.25, 0.3) is 17.2 Å². The fourth-order valence-electron chi connectivity index (χ4n) is 4.81. The Labute approximate surface area is 205 Å². The molecular weight excluding hydrogens is 436 g/mol. The predicted molar refractivity (Wildman–Crippen MR) is 138 cm³/mol. The van der Waals surface area contributed by atoms with Crippen LogP contribution in [-0.4, -0.2) is 17.0 Å². The van der Waals surface area contributed by atoms with Gasteiger partial charge in [0.1, 0.15) is 0 Å². The van der Waals surface area contributed by atoms with E-state index >= 15 is 0 Å². The van der Waals surface area contributed by atoms with Crippen molar-refractivity contribution in [1.82, 2.24) is 0 Å². The number of hydrogen-bond donors (Lipinski definition) is 2. The summed E-state index contributed by atoms with van der Waals surface area (Å²) in [6.45, 7) is 0. The predicted octanol–water partition coefficient (Wildman–Crippen LogP) is 6.45. The van der Waals surface area contributed by atoms with E-state index in [0.29, 0.717) is 17.7 Å². The van der Waals surface area contributed by atoms with E-state index in [2.05, 4.69) is 35.7 Å². The summed E-state index contributed by atoms with van der Waals surface area (Å²) in [5.74, 6) is -0.987. The molecule has 0 aliphatic heterocycles. The van der Waals surface area contributed by atoms with Crippen LogP contribution in [0.4, 0.5) is 5.69 Å². The largest absolute Gasteiger partial charge is 0.478 e. The van der Waals surface area contributed by atoms with Gasteiger partial charge in [0, 0.05) is 11.8 Å². The molecule has 0 atom stereocenters. The van der Waals surface area contributed by atoms with Crippen molar-refractivity contribution in [1.29, 1.82) is 5.26 Å². The second-order valence-corrected chi connectivity index (χ2v) is 9.16. The monoisotopic (exact) mass is 464 g/mol. The van der Waals surface area contributed by atoms with E-state index in [-0.39, 0.29) is 5.91 Å². The molecule has 0 unspecified atom stereocenters.